The van der Waals surface area contributed by atoms with Gasteiger partial charge >= 0.3 is 6.18 Å². The van der Waals surface area contributed by atoms with Crippen LogP contribution in [0.5, 0.6) is 0 Å². The van der Waals surface area contributed by atoms with E-state index in [1.54, 1.807) is 6.92 Å². The number of imidazole rings is 1. The van der Waals surface area contributed by atoms with Crippen LogP contribution < -0.4 is 5.32 Å². The molecule has 2 aromatic rings. The van der Waals surface area contributed by atoms with Crippen LogP contribution in [0.4, 0.5) is 13.2 Å². The van der Waals surface area contributed by atoms with E-state index in [2.05, 4.69) is 10.3 Å². The Bertz CT molecular complexity index is 1030. The molecule has 0 saturated heterocycles. The van der Waals surface area contributed by atoms with Crippen LogP contribution in [-0.4, -0.2) is 73.9 Å². The highest BCUT2D eigenvalue weighted by molar-refractivity contribution is 5.68. The fourth-order valence-corrected chi connectivity index (χ4v) is 3.56. The van der Waals surface area contributed by atoms with Gasteiger partial charge in [0.05, 0.1) is 36.0 Å². The highest BCUT2D eigenvalue weighted by Gasteiger charge is 2.39. The molecule has 0 saturated carbocycles. The summed E-state index contributed by atoms with van der Waals surface area (Å²) in [5.41, 5.74) is 3.71. The molecule has 4 rings (SSSR count). The second-order valence-electron chi connectivity index (χ2n) is 7.48. The van der Waals surface area contributed by atoms with Gasteiger partial charge < -0.3 is 35.7 Å². The van der Waals surface area contributed by atoms with Crippen molar-refractivity contribution in [2.24, 2.45) is 7.05 Å². The molecular weight excluding hydrogens is 441 g/mol. The Hall–Kier alpha value is -3.09. The monoisotopic (exact) mass is 472 g/mol. The number of pyridine rings is 1. The highest BCUT2D eigenvalue weighted by Crippen LogP contribution is 2.36. The van der Waals surface area contributed by atoms with Crippen molar-refractivity contribution in [3.63, 3.8) is 0 Å². The van der Waals surface area contributed by atoms with E-state index in [4.69, 9.17) is 10.1 Å². The topological polar surface area (TPSA) is 132 Å². The lowest BCUT2D eigenvalue weighted by Gasteiger charge is -2.27. The second-order valence-corrected chi connectivity index (χ2v) is 7.48. The van der Waals surface area contributed by atoms with Gasteiger partial charge in [0.1, 0.15) is 11.4 Å². The molecule has 2 aliphatic rings. The highest BCUT2D eigenvalue weighted by atomic mass is 19.4. The molecule has 33 heavy (non-hydrogen) atoms. The minimum absolute atomic E-state index is 0. The zero-order valence-corrected chi connectivity index (χ0v) is 19.2. The Morgan fingerprint density at radius 1 is 1.09 bits per heavy atom. The van der Waals surface area contributed by atoms with Crippen molar-refractivity contribution in [3.05, 3.63) is 46.7 Å². The van der Waals surface area contributed by atoms with E-state index in [0.717, 1.165) is 28.7 Å². The minimum atomic E-state index is -4.41. The van der Waals surface area contributed by atoms with Crippen LogP contribution in [0.1, 0.15) is 29.6 Å². The number of aliphatic hydroxyl groups excluding tert-OH is 1. The lowest BCUT2D eigenvalue weighted by Crippen LogP contribution is -2.31. The van der Waals surface area contributed by atoms with Gasteiger partial charge in [0.2, 0.25) is 0 Å². The van der Waals surface area contributed by atoms with Gasteiger partial charge in [-0.15, -0.1) is 0 Å². The van der Waals surface area contributed by atoms with Gasteiger partial charge in [0.15, 0.2) is 5.82 Å². The summed E-state index contributed by atoms with van der Waals surface area (Å²) in [5, 5.41) is 10.7. The quantitative estimate of drug-likeness (QED) is 0.677. The Labute approximate surface area is 190 Å². The third kappa shape index (κ3) is 5.46. The molecule has 6 N–H and O–H groups in total. The number of hydrogen-bond acceptors (Lipinski definition) is 6. The lowest BCUT2D eigenvalue weighted by molar-refractivity contribution is -0.109. The number of rotatable bonds is 2. The summed E-state index contributed by atoms with van der Waals surface area (Å²) in [7, 11) is 5.22. The number of allylic oxidation sites excluding steroid dienone is 1. The molecule has 184 valence electrons. The first-order chi connectivity index (χ1) is 14.6. The van der Waals surface area contributed by atoms with E-state index in [-0.39, 0.29) is 24.1 Å². The van der Waals surface area contributed by atoms with Crippen molar-refractivity contribution in [3.8, 4) is 11.5 Å². The maximum absolute atomic E-state index is 13.3. The maximum Gasteiger partial charge on any atom is 0.431 e. The van der Waals surface area contributed by atoms with Crippen LogP contribution in [-0.2, 0) is 13.6 Å². The van der Waals surface area contributed by atoms with E-state index in [0.29, 0.717) is 23.9 Å². The predicted molar refractivity (Wildman–Crippen MR) is 120 cm³/mol. The van der Waals surface area contributed by atoms with Crippen molar-refractivity contribution in [1.82, 2.24) is 29.7 Å². The number of aliphatic hydroxyl groups is 1. The third-order valence-corrected chi connectivity index (χ3v) is 5.16. The molecule has 0 unspecified atom stereocenters. The van der Waals surface area contributed by atoms with Crippen molar-refractivity contribution in [2.75, 3.05) is 27.4 Å². The zero-order chi connectivity index (χ0) is 22.9. The number of hydrogen-bond donors (Lipinski definition) is 2. The first-order valence-corrected chi connectivity index (χ1v) is 9.88. The average Bonchev–Trinajstić information content (AvgIpc) is 3.25. The Kier molecular flexibility index (Phi) is 9.05. The van der Waals surface area contributed by atoms with Crippen LogP contribution in [0.2, 0.25) is 0 Å². The van der Waals surface area contributed by atoms with Gasteiger partial charge in [-0.05, 0) is 31.6 Å². The summed E-state index contributed by atoms with van der Waals surface area (Å²) in [6.45, 7) is 4.70. The summed E-state index contributed by atoms with van der Waals surface area (Å²) in [6, 6.07) is 3.90. The Morgan fingerprint density at radius 3 is 2.27 bits per heavy atom. The summed E-state index contributed by atoms with van der Waals surface area (Å²) in [6.07, 6.45) is -1.40. The van der Waals surface area contributed by atoms with Gasteiger partial charge in [-0.25, -0.2) is 9.97 Å². The largest absolute Gasteiger partial charge is 0.431 e. The fraction of sp³-hybridized carbons (Fsp3) is 0.429. The molecule has 9 nitrogen and oxygen atoms in total. The lowest BCUT2D eigenvalue weighted by atomic mass is 10.1. The number of nitrogens with one attached hydrogen (secondary N) is 1. The first kappa shape index (κ1) is 27.9. The number of alkyl halides is 3. The molecule has 0 radical (unpaired) electrons. The molecule has 2 aliphatic heterocycles. The smallest absolute Gasteiger partial charge is 0.412 e. The van der Waals surface area contributed by atoms with Crippen LogP contribution in [0.3, 0.4) is 0 Å². The average molecular weight is 473 g/mol. The van der Waals surface area contributed by atoms with Crippen molar-refractivity contribution in [2.45, 2.75) is 26.6 Å². The Morgan fingerprint density at radius 2 is 1.73 bits per heavy atom. The first-order valence-electron chi connectivity index (χ1n) is 9.88. The molecule has 12 heteroatoms. The van der Waals surface area contributed by atoms with E-state index in [1.807, 2.05) is 48.8 Å². The maximum atomic E-state index is 13.3. The van der Waals surface area contributed by atoms with Crippen LogP contribution in [0, 0.1) is 6.92 Å². The number of aromatic nitrogens is 3. The Balaban J connectivity index is 0.00000103. The minimum Gasteiger partial charge on any atom is -0.412 e. The molecule has 4 heterocycles. The summed E-state index contributed by atoms with van der Waals surface area (Å²) >= 11 is 0. The van der Waals surface area contributed by atoms with E-state index in [9.17, 15) is 13.2 Å². The molecule has 0 amide bonds. The van der Waals surface area contributed by atoms with Crippen molar-refractivity contribution in [1.29, 1.82) is 0 Å². The normalized spacial score (nSPS) is 14.7. The van der Waals surface area contributed by atoms with E-state index in [1.165, 1.54) is 11.9 Å². The molecular formula is C21H31F3N6O3. The van der Waals surface area contributed by atoms with Gasteiger partial charge in [0.25, 0.3) is 0 Å². The van der Waals surface area contributed by atoms with E-state index < -0.39 is 11.9 Å². The van der Waals surface area contributed by atoms with Crippen molar-refractivity contribution >= 4 is 11.8 Å². The number of halogens is 3. The SMILES string of the molecule is CCO.Cc1ccc(C2=CNCN2C)nc1-c1nc2c(n1C)CN(C)C(C(F)(F)F)=C2.O.O. The number of aryl methyl sites for hydroxylation is 1. The third-order valence-electron chi connectivity index (χ3n) is 5.16. The van der Waals surface area contributed by atoms with Crippen LogP contribution in [0.15, 0.2) is 24.0 Å². The summed E-state index contributed by atoms with van der Waals surface area (Å²) in [4.78, 5) is 12.5. The predicted octanol–water partition coefficient (Wildman–Crippen LogP) is 1.28. The molecule has 0 atom stereocenters. The van der Waals surface area contributed by atoms with Gasteiger partial charge in [-0.1, -0.05) is 6.07 Å². The van der Waals surface area contributed by atoms with Gasteiger partial charge in [-0.2, -0.15) is 13.2 Å². The zero-order valence-electron chi connectivity index (χ0n) is 19.2. The summed E-state index contributed by atoms with van der Waals surface area (Å²) < 4.78 is 41.6. The molecule has 0 fully saturated rings. The number of fused-ring (bicyclic) bond motifs is 1. The summed E-state index contributed by atoms with van der Waals surface area (Å²) in [5.74, 6) is 0.562. The molecule has 0 aromatic carbocycles. The molecule has 0 spiro atoms. The van der Waals surface area contributed by atoms with Crippen LogP contribution in [0.25, 0.3) is 23.3 Å². The molecule has 2 aromatic heterocycles. The number of nitrogens with zero attached hydrogens (tertiary/aromatic N) is 5. The standard InChI is InChI=1S/C19H21F3N6.C2H6O.2H2O/c1-11-5-6-12(14-8-23-10-27(14)3)24-17(11)18-25-13-7-16(19(20,21)22)26(2)9-15(13)28(18)4;1-2-3;;/h5-8,23H,9-10H2,1-4H3;3H,2H2,1H3;2*1H2. The van der Waals surface area contributed by atoms with Gasteiger partial charge in [-0.3, -0.25) is 0 Å². The fourth-order valence-electron chi connectivity index (χ4n) is 3.56. The van der Waals surface area contributed by atoms with Gasteiger partial charge in [0, 0.05) is 33.9 Å². The second kappa shape index (κ2) is 10.7. The van der Waals surface area contributed by atoms with Crippen LogP contribution >= 0.6 is 0 Å². The molecule has 0 aliphatic carbocycles. The molecule has 0 bridgehead atoms. The van der Waals surface area contributed by atoms with Crippen molar-refractivity contribution < 1.29 is 29.2 Å². The van der Waals surface area contributed by atoms with E-state index >= 15 is 0 Å².